The molecule has 0 bridgehead atoms. The first-order valence-corrected chi connectivity index (χ1v) is 11.7. The van der Waals surface area contributed by atoms with Gasteiger partial charge in [0.15, 0.2) is 5.82 Å². The van der Waals surface area contributed by atoms with Crippen LogP contribution in [0.1, 0.15) is 38.7 Å². The van der Waals surface area contributed by atoms with Gasteiger partial charge in [-0.05, 0) is 60.9 Å². The van der Waals surface area contributed by atoms with Crippen LogP contribution in [-0.2, 0) is 16.0 Å². The van der Waals surface area contributed by atoms with Crippen LogP contribution in [0.2, 0.25) is 0 Å². The van der Waals surface area contributed by atoms with Gasteiger partial charge < -0.3 is 15.1 Å². The van der Waals surface area contributed by atoms with Gasteiger partial charge in [0, 0.05) is 44.5 Å². The normalized spacial score (nSPS) is 17.3. The quantitative estimate of drug-likeness (QED) is 0.721. The Balaban J connectivity index is 1.20. The van der Waals surface area contributed by atoms with Crippen molar-refractivity contribution in [3.8, 4) is 0 Å². The van der Waals surface area contributed by atoms with Crippen LogP contribution in [0, 0.1) is 17.8 Å². The zero-order valence-electron chi connectivity index (χ0n) is 19.0. The van der Waals surface area contributed by atoms with Gasteiger partial charge in [0.05, 0.1) is 5.92 Å². The molecule has 2 aromatic rings. The highest BCUT2D eigenvalue weighted by Gasteiger charge is 2.33. The molecule has 7 heteroatoms. The number of benzene rings is 1. The van der Waals surface area contributed by atoms with Crippen molar-refractivity contribution in [3.63, 3.8) is 0 Å². The molecule has 1 aromatic carbocycles. The van der Waals surface area contributed by atoms with Gasteiger partial charge in [-0.25, -0.2) is 0 Å². The SMILES string of the molecule is CC(C)CC(=O)N1CCC(Cc2ccc(NC(=O)C3CN(c4cccnn4)C3)cc2)CC1. The van der Waals surface area contributed by atoms with E-state index in [0.29, 0.717) is 37.3 Å². The van der Waals surface area contributed by atoms with Crippen LogP contribution >= 0.6 is 0 Å². The van der Waals surface area contributed by atoms with E-state index < -0.39 is 0 Å². The number of amides is 2. The Labute approximate surface area is 190 Å². The maximum absolute atomic E-state index is 12.5. The Kier molecular flexibility index (Phi) is 7.02. The van der Waals surface area contributed by atoms with Crippen molar-refractivity contribution in [1.82, 2.24) is 15.1 Å². The fourth-order valence-electron chi connectivity index (χ4n) is 4.46. The number of hydrogen-bond donors (Lipinski definition) is 1. The average Bonchev–Trinajstić information content (AvgIpc) is 2.75. The predicted molar refractivity (Wildman–Crippen MR) is 125 cm³/mol. The summed E-state index contributed by atoms with van der Waals surface area (Å²) < 4.78 is 0. The fraction of sp³-hybridized carbons (Fsp3) is 0.520. The maximum Gasteiger partial charge on any atom is 0.231 e. The highest BCUT2D eigenvalue weighted by Crippen LogP contribution is 2.25. The van der Waals surface area contributed by atoms with Crippen molar-refractivity contribution in [3.05, 3.63) is 48.2 Å². The van der Waals surface area contributed by atoms with Crippen LogP contribution in [-0.4, -0.2) is 53.1 Å². The molecule has 0 aliphatic carbocycles. The second-order valence-corrected chi connectivity index (χ2v) is 9.50. The van der Waals surface area contributed by atoms with E-state index in [1.165, 1.54) is 5.56 Å². The monoisotopic (exact) mass is 435 g/mol. The third-order valence-electron chi connectivity index (χ3n) is 6.43. The molecular formula is C25H33N5O2. The summed E-state index contributed by atoms with van der Waals surface area (Å²) >= 11 is 0. The summed E-state index contributed by atoms with van der Waals surface area (Å²) in [7, 11) is 0. The Bertz CT molecular complexity index is 902. The summed E-state index contributed by atoms with van der Waals surface area (Å²) in [6.45, 7) is 7.27. The van der Waals surface area contributed by atoms with E-state index in [9.17, 15) is 9.59 Å². The number of anilines is 2. The van der Waals surface area contributed by atoms with Crippen molar-refractivity contribution >= 4 is 23.3 Å². The number of piperidine rings is 1. The van der Waals surface area contributed by atoms with Crippen molar-refractivity contribution in [1.29, 1.82) is 0 Å². The lowest BCUT2D eigenvalue weighted by Crippen LogP contribution is -2.52. The second-order valence-electron chi connectivity index (χ2n) is 9.50. The van der Waals surface area contributed by atoms with E-state index in [1.807, 2.05) is 29.2 Å². The van der Waals surface area contributed by atoms with E-state index >= 15 is 0 Å². The lowest BCUT2D eigenvalue weighted by Gasteiger charge is -2.38. The molecule has 3 heterocycles. The van der Waals surface area contributed by atoms with Crippen LogP contribution in [0.25, 0.3) is 0 Å². The molecule has 1 N–H and O–H groups in total. The highest BCUT2D eigenvalue weighted by atomic mass is 16.2. The van der Waals surface area contributed by atoms with Crippen molar-refractivity contribution in [2.75, 3.05) is 36.4 Å². The van der Waals surface area contributed by atoms with E-state index in [4.69, 9.17) is 0 Å². The number of nitrogens with zero attached hydrogens (tertiary/aromatic N) is 4. The summed E-state index contributed by atoms with van der Waals surface area (Å²) in [6, 6.07) is 12.0. The topological polar surface area (TPSA) is 78.4 Å². The lowest BCUT2D eigenvalue weighted by atomic mass is 9.90. The van der Waals surface area contributed by atoms with Crippen molar-refractivity contribution in [2.24, 2.45) is 17.8 Å². The standard InChI is InChI=1S/C25H33N5O2/c1-18(2)14-24(31)29-12-9-20(10-13-29)15-19-5-7-22(8-6-19)27-25(32)21-16-30(17-21)23-4-3-11-26-28-23/h3-8,11,18,20-21H,9-10,12-17H2,1-2H3,(H,27,32). The number of nitrogens with one attached hydrogen (secondary N) is 1. The van der Waals surface area contributed by atoms with Gasteiger partial charge in [-0.1, -0.05) is 26.0 Å². The zero-order chi connectivity index (χ0) is 22.5. The Morgan fingerprint density at radius 1 is 1.09 bits per heavy atom. The number of hydrogen-bond acceptors (Lipinski definition) is 5. The molecule has 170 valence electrons. The first-order valence-electron chi connectivity index (χ1n) is 11.7. The Morgan fingerprint density at radius 2 is 1.81 bits per heavy atom. The minimum absolute atomic E-state index is 0.0275. The molecule has 4 rings (SSSR count). The van der Waals surface area contributed by atoms with Crippen molar-refractivity contribution in [2.45, 2.75) is 39.5 Å². The number of likely N-dealkylation sites (tertiary alicyclic amines) is 1. The molecule has 0 radical (unpaired) electrons. The first-order chi connectivity index (χ1) is 15.5. The Hall–Kier alpha value is -2.96. The molecule has 2 aliphatic heterocycles. The number of rotatable bonds is 7. The predicted octanol–water partition coefficient (Wildman–Crippen LogP) is 3.38. The van der Waals surface area contributed by atoms with Crippen molar-refractivity contribution < 1.29 is 9.59 Å². The van der Waals surface area contributed by atoms with Gasteiger partial charge in [-0.15, -0.1) is 5.10 Å². The second kappa shape index (κ2) is 10.1. The van der Waals surface area contributed by atoms with Crippen LogP contribution in [0.3, 0.4) is 0 Å². The minimum atomic E-state index is -0.0275. The molecule has 0 saturated carbocycles. The van der Waals surface area contributed by atoms with E-state index in [0.717, 1.165) is 43.9 Å². The maximum atomic E-state index is 12.5. The fourth-order valence-corrected chi connectivity index (χ4v) is 4.46. The van der Waals surface area contributed by atoms with Crippen LogP contribution < -0.4 is 10.2 Å². The van der Waals surface area contributed by atoms with Gasteiger partial charge in [-0.2, -0.15) is 5.10 Å². The van der Waals surface area contributed by atoms with Gasteiger partial charge in [-0.3, -0.25) is 9.59 Å². The van der Waals surface area contributed by atoms with Gasteiger partial charge in [0.25, 0.3) is 0 Å². The highest BCUT2D eigenvalue weighted by molar-refractivity contribution is 5.94. The molecule has 2 saturated heterocycles. The summed E-state index contributed by atoms with van der Waals surface area (Å²) in [5, 5.41) is 11.0. The van der Waals surface area contributed by atoms with Crippen LogP contribution in [0.4, 0.5) is 11.5 Å². The van der Waals surface area contributed by atoms with Crippen LogP contribution in [0.5, 0.6) is 0 Å². The number of carbonyl (C=O) groups excluding carboxylic acids is 2. The largest absolute Gasteiger partial charge is 0.353 e. The molecule has 32 heavy (non-hydrogen) atoms. The van der Waals surface area contributed by atoms with E-state index in [-0.39, 0.29) is 11.8 Å². The van der Waals surface area contributed by atoms with Gasteiger partial charge >= 0.3 is 0 Å². The number of carbonyl (C=O) groups is 2. The van der Waals surface area contributed by atoms with Gasteiger partial charge in [0.1, 0.15) is 0 Å². The third kappa shape index (κ3) is 5.64. The molecule has 7 nitrogen and oxygen atoms in total. The van der Waals surface area contributed by atoms with E-state index in [1.54, 1.807) is 6.20 Å². The molecule has 0 atom stereocenters. The lowest BCUT2D eigenvalue weighted by molar-refractivity contribution is -0.133. The van der Waals surface area contributed by atoms with Gasteiger partial charge in [0.2, 0.25) is 11.8 Å². The third-order valence-corrected chi connectivity index (χ3v) is 6.43. The molecule has 2 fully saturated rings. The smallest absolute Gasteiger partial charge is 0.231 e. The summed E-state index contributed by atoms with van der Waals surface area (Å²) in [5.41, 5.74) is 2.12. The molecule has 1 aromatic heterocycles. The molecule has 0 spiro atoms. The summed E-state index contributed by atoms with van der Waals surface area (Å²) in [5.74, 6) is 2.17. The zero-order valence-corrected chi connectivity index (χ0v) is 19.0. The first kappa shape index (κ1) is 22.2. The van der Waals surface area contributed by atoms with Crippen LogP contribution in [0.15, 0.2) is 42.6 Å². The molecule has 2 aliphatic rings. The Morgan fingerprint density at radius 3 is 2.44 bits per heavy atom. The number of aromatic nitrogens is 2. The summed E-state index contributed by atoms with van der Waals surface area (Å²) in [4.78, 5) is 28.9. The minimum Gasteiger partial charge on any atom is -0.353 e. The molecular weight excluding hydrogens is 402 g/mol. The van der Waals surface area contributed by atoms with E-state index in [2.05, 4.69) is 46.4 Å². The molecule has 0 unspecified atom stereocenters. The molecule has 2 amide bonds. The average molecular weight is 436 g/mol. The summed E-state index contributed by atoms with van der Waals surface area (Å²) in [6.07, 6.45) is 5.45.